The maximum absolute atomic E-state index is 11.4. The Kier molecular flexibility index (Phi) is 1.88. The summed E-state index contributed by atoms with van der Waals surface area (Å²) in [6.45, 7) is 4.94. The van der Waals surface area contributed by atoms with Gasteiger partial charge in [-0.15, -0.1) is 0 Å². The van der Waals surface area contributed by atoms with Gasteiger partial charge >= 0.3 is 0 Å². The summed E-state index contributed by atoms with van der Waals surface area (Å²) in [5.74, 6) is 0.134. The summed E-state index contributed by atoms with van der Waals surface area (Å²) in [6, 6.07) is 0.405. The van der Waals surface area contributed by atoms with Crippen molar-refractivity contribution in [2.24, 2.45) is 5.41 Å². The Hall–Kier alpha value is -0.570. The number of hydrogen-bond donors (Lipinski definition) is 1. The molecule has 1 heterocycles. The number of carbonyl (C=O) groups is 1. The lowest BCUT2D eigenvalue weighted by Crippen LogP contribution is -2.31. The van der Waals surface area contributed by atoms with E-state index in [2.05, 4.69) is 13.8 Å². The predicted molar refractivity (Wildman–Crippen MR) is 49.1 cm³/mol. The Morgan fingerprint density at radius 1 is 1.69 bits per heavy atom. The van der Waals surface area contributed by atoms with Gasteiger partial charge < -0.3 is 10.0 Å². The van der Waals surface area contributed by atoms with Crippen LogP contribution < -0.4 is 0 Å². The molecule has 13 heavy (non-hydrogen) atoms. The van der Waals surface area contributed by atoms with Crippen molar-refractivity contribution in [3.8, 4) is 0 Å². The lowest BCUT2D eigenvalue weighted by molar-refractivity contribution is -0.128. The number of hydrogen-bond acceptors (Lipinski definition) is 2. The van der Waals surface area contributed by atoms with E-state index in [1.807, 2.05) is 4.90 Å². The maximum Gasteiger partial charge on any atom is 0.225 e. The third-order valence-corrected chi connectivity index (χ3v) is 3.63. The van der Waals surface area contributed by atoms with Crippen LogP contribution in [0.2, 0.25) is 0 Å². The van der Waals surface area contributed by atoms with E-state index in [0.717, 1.165) is 12.8 Å². The number of aliphatic hydroxyl groups is 1. The second-order valence-corrected chi connectivity index (χ2v) is 4.63. The number of amides is 1. The van der Waals surface area contributed by atoms with Crippen LogP contribution in [-0.4, -0.2) is 34.6 Å². The molecular weight excluding hydrogens is 166 g/mol. The zero-order chi connectivity index (χ0) is 9.64. The fraction of sp³-hybridized carbons (Fsp3) is 0.900. The molecule has 3 nitrogen and oxygen atoms in total. The van der Waals surface area contributed by atoms with E-state index in [4.69, 9.17) is 0 Å². The first-order valence-corrected chi connectivity index (χ1v) is 5.04. The number of β-amino-alcohol motifs (C(OH)–C–C–N with tert-alkyl or cyclic N) is 1. The second kappa shape index (κ2) is 2.71. The molecule has 2 rings (SSSR count). The predicted octanol–water partition coefficient (Wildman–Crippen LogP) is 0.768. The van der Waals surface area contributed by atoms with Crippen LogP contribution in [-0.2, 0) is 4.79 Å². The van der Waals surface area contributed by atoms with E-state index in [1.165, 1.54) is 0 Å². The van der Waals surface area contributed by atoms with Crippen LogP contribution in [0.5, 0.6) is 0 Å². The second-order valence-electron chi connectivity index (χ2n) is 4.63. The van der Waals surface area contributed by atoms with E-state index in [9.17, 15) is 9.90 Å². The highest BCUT2D eigenvalue weighted by Crippen LogP contribution is 2.52. The summed E-state index contributed by atoms with van der Waals surface area (Å²) in [7, 11) is 0. The van der Waals surface area contributed by atoms with Crippen LogP contribution >= 0.6 is 0 Å². The summed E-state index contributed by atoms with van der Waals surface area (Å²) < 4.78 is 0. The smallest absolute Gasteiger partial charge is 0.225 e. The first-order valence-electron chi connectivity index (χ1n) is 5.04. The highest BCUT2D eigenvalue weighted by molar-refractivity contribution is 5.79. The summed E-state index contributed by atoms with van der Waals surface area (Å²) >= 11 is 0. The van der Waals surface area contributed by atoms with Gasteiger partial charge in [-0.3, -0.25) is 4.79 Å². The van der Waals surface area contributed by atoms with Crippen molar-refractivity contribution in [1.29, 1.82) is 0 Å². The zero-order valence-corrected chi connectivity index (χ0v) is 8.29. The average molecular weight is 183 g/mol. The van der Waals surface area contributed by atoms with Crippen LogP contribution in [0.3, 0.4) is 0 Å². The van der Waals surface area contributed by atoms with E-state index in [0.29, 0.717) is 24.4 Å². The monoisotopic (exact) mass is 183 g/mol. The molecule has 0 radical (unpaired) electrons. The van der Waals surface area contributed by atoms with E-state index in [-0.39, 0.29) is 5.91 Å². The van der Waals surface area contributed by atoms with Crippen LogP contribution in [0.25, 0.3) is 0 Å². The van der Waals surface area contributed by atoms with Gasteiger partial charge in [0.15, 0.2) is 0 Å². The molecule has 1 saturated carbocycles. The molecule has 0 bridgehead atoms. The molecular formula is C10H17NO2. The van der Waals surface area contributed by atoms with Crippen molar-refractivity contribution in [3.63, 3.8) is 0 Å². The number of carbonyl (C=O) groups excluding carboxylic acids is 1. The van der Waals surface area contributed by atoms with Crippen molar-refractivity contribution < 1.29 is 9.90 Å². The zero-order valence-electron chi connectivity index (χ0n) is 8.29. The summed E-state index contributed by atoms with van der Waals surface area (Å²) in [4.78, 5) is 13.3. The Labute approximate surface area is 78.7 Å². The lowest BCUT2D eigenvalue weighted by atomic mass is 10.1. The van der Waals surface area contributed by atoms with E-state index in [1.54, 1.807) is 0 Å². The van der Waals surface area contributed by atoms with Crippen molar-refractivity contribution in [1.82, 2.24) is 4.90 Å². The van der Waals surface area contributed by atoms with Crippen LogP contribution in [0.1, 0.15) is 33.1 Å². The molecule has 1 aliphatic carbocycles. The van der Waals surface area contributed by atoms with Crippen molar-refractivity contribution in [3.05, 3.63) is 0 Å². The number of aliphatic hydroxyl groups excluding tert-OH is 1. The molecule has 3 unspecified atom stereocenters. The quantitative estimate of drug-likeness (QED) is 0.687. The van der Waals surface area contributed by atoms with Crippen molar-refractivity contribution in [2.45, 2.75) is 45.3 Å². The molecule has 0 spiro atoms. The van der Waals surface area contributed by atoms with Gasteiger partial charge in [-0.1, -0.05) is 13.8 Å². The minimum absolute atomic E-state index is 0.134. The molecule has 3 heteroatoms. The molecule has 1 amide bonds. The Morgan fingerprint density at radius 2 is 2.38 bits per heavy atom. The normalized spacial score (nSPS) is 44.2. The third kappa shape index (κ3) is 1.35. The van der Waals surface area contributed by atoms with Gasteiger partial charge in [0.05, 0.1) is 12.5 Å². The number of likely N-dealkylation sites (tertiary alicyclic amines) is 1. The van der Waals surface area contributed by atoms with Gasteiger partial charge in [0.25, 0.3) is 0 Å². The highest BCUT2D eigenvalue weighted by Gasteiger charge is 2.54. The SMILES string of the molecule is CCC1(C)CC1N1CC(O)CC1=O. The number of nitrogens with zero attached hydrogens (tertiary/aromatic N) is 1. The van der Waals surface area contributed by atoms with Crippen molar-refractivity contribution >= 4 is 5.91 Å². The van der Waals surface area contributed by atoms with Gasteiger partial charge in [-0.2, -0.15) is 0 Å². The fourth-order valence-corrected chi connectivity index (χ4v) is 2.26. The van der Waals surface area contributed by atoms with E-state index < -0.39 is 6.10 Å². The highest BCUT2D eigenvalue weighted by atomic mass is 16.3. The summed E-state index contributed by atoms with van der Waals surface area (Å²) in [6.07, 6.45) is 2.14. The molecule has 0 aromatic carbocycles. The molecule has 1 aliphatic heterocycles. The van der Waals surface area contributed by atoms with E-state index >= 15 is 0 Å². The Balaban J connectivity index is 2.01. The molecule has 0 aromatic rings. The van der Waals surface area contributed by atoms with Gasteiger partial charge in [0.1, 0.15) is 0 Å². The molecule has 2 fully saturated rings. The lowest BCUT2D eigenvalue weighted by Gasteiger charge is -2.18. The average Bonchev–Trinajstić information content (AvgIpc) is 2.63. The van der Waals surface area contributed by atoms with Crippen LogP contribution in [0, 0.1) is 5.41 Å². The first kappa shape index (κ1) is 9.00. The van der Waals surface area contributed by atoms with Gasteiger partial charge in [0, 0.05) is 12.6 Å². The molecule has 1 saturated heterocycles. The topological polar surface area (TPSA) is 40.5 Å². The fourth-order valence-electron chi connectivity index (χ4n) is 2.26. The Morgan fingerprint density at radius 3 is 2.77 bits per heavy atom. The first-order chi connectivity index (χ1) is 6.07. The molecule has 2 aliphatic rings. The van der Waals surface area contributed by atoms with Gasteiger partial charge in [-0.25, -0.2) is 0 Å². The minimum Gasteiger partial charge on any atom is -0.391 e. The molecule has 1 N–H and O–H groups in total. The summed E-state index contributed by atoms with van der Waals surface area (Å²) in [5.41, 5.74) is 0.333. The van der Waals surface area contributed by atoms with Gasteiger partial charge in [-0.05, 0) is 18.3 Å². The summed E-state index contributed by atoms with van der Waals surface area (Å²) in [5, 5.41) is 9.33. The maximum atomic E-state index is 11.4. The minimum atomic E-state index is -0.422. The van der Waals surface area contributed by atoms with Crippen LogP contribution in [0.4, 0.5) is 0 Å². The molecule has 74 valence electrons. The van der Waals surface area contributed by atoms with Crippen LogP contribution in [0.15, 0.2) is 0 Å². The standard InChI is InChI=1S/C10H17NO2/c1-3-10(2)5-8(10)11-6-7(12)4-9(11)13/h7-8,12H,3-6H2,1-2H3. The third-order valence-electron chi connectivity index (χ3n) is 3.63. The molecule has 0 aromatic heterocycles. The van der Waals surface area contributed by atoms with Crippen molar-refractivity contribution in [2.75, 3.05) is 6.54 Å². The molecule has 3 atom stereocenters. The largest absolute Gasteiger partial charge is 0.391 e. The van der Waals surface area contributed by atoms with Gasteiger partial charge in [0.2, 0.25) is 5.91 Å². The number of rotatable bonds is 2. The Bertz CT molecular complexity index is 241.